The predicted octanol–water partition coefficient (Wildman–Crippen LogP) is 1.81. The van der Waals surface area contributed by atoms with Crippen molar-refractivity contribution in [2.75, 3.05) is 31.0 Å². The maximum Gasteiger partial charge on any atom is 0.147 e. The molecule has 0 aromatic rings. The van der Waals surface area contributed by atoms with Crippen molar-refractivity contribution in [3.8, 4) is 0 Å². The summed E-state index contributed by atoms with van der Waals surface area (Å²) in [5.74, 6) is 1.04. The van der Waals surface area contributed by atoms with E-state index in [4.69, 9.17) is 11.6 Å². The van der Waals surface area contributed by atoms with Crippen LogP contribution in [0, 0.1) is 0 Å². The Labute approximate surface area is 98.5 Å². The van der Waals surface area contributed by atoms with Gasteiger partial charge in [0.1, 0.15) is 9.84 Å². The van der Waals surface area contributed by atoms with Gasteiger partial charge in [0.05, 0.1) is 5.75 Å². The van der Waals surface area contributed by atoms with E-state index in [9.17, 15) is 8.42 Å². The summed E-state index contributed by atoms with van der Waals surface area (Å²) in [6.45, 7) is 1.77. The number of unbranched alkanes of at least 4 members (excludes halogenated alkanes) is 3. The van der Waals surface area contributed by atoms with Crippen LogP contribution in [0.2, 0.25) is 0 Å². The van der Waals surface area contributed by atoms with Crippen molar-refractivity contribution in [3.05, 3.63) is 0 Å². The fourth-order valence-electron chi connectivity index (χ4n) is 1.28. The van der Waals surface area contributed by atoms with Crippen LogP contribution in [0.1, 0.15) is 32.1 Å². The number of alkyl halides is 1. The molecule has 0 aliphatic heterocycles. The summed E-state index contributed by atoms with van der Waals surface area (Å²) in [4.78, 5) is 0. The maximum absolute atomic E-state index is 10.8. The Bertz CT molecular complexity index is 230. The zero-order valence-corrected chi connectivity index (χ0v) is 11.0. The van der Waals surface area contributed by atoms with Gasteiger partial charge in [0, 0.05) is 12.1 Å². The molecule has 0 atom stereocenters. The Morgan fingerprint density at radius 2 is 1.60 bits per heavy atom. The lowest BCUT2D eigenvalue weighted by Crippen LogP contribution is -2.19. The monoisotopic (exact) mass is 255 g/mol. The highest BCUT2D eigenvalue weighted by atomic mass is 35.5. The fraction of sp³-hybridized carbons (Fsp3) is 1.00. The second kappa shape index (κ2) is 9.43. The molecule has 0 aliphatic rings. The lowest BCUT2D eigenvalue weighted by atomic mass is 10.2. The number of sulfone groups is 1. The van der Waals surface area contributed by atoms with Gasteiger partial charge in [-0.25, -0.2) is 8.42 Å². The molecule has 15 heavy (non-hydrogen) atoms. The molecule has 0 fully saturated rings. The van der Waals surface area contributed by atoms with Crippen LogP contribution in [0.3, 0.4) is 0 Å². The quantitative estimate of drug-likeness (QED) is 0.478. The minimum atomic E-state index is -2.78. The van der Waals surface area contributed by atoms with Gasteiger partial charge in [-0.2, -0.15) is 0 Å². The van der Waals surface area contributed by atoms with E-state index < -0.39 is 9.84 Å². The Hall–Kier alpha value is 0.200. The van der Waals surface area contributed by atoms with E-state index in [-0.39, 0.29) is 5.75 Å². The first-order valence-corrected chi connectivity index (χ1v) is 8.10. The highest BCUT2D eigenvalue weighted by molar-refractivity contribution is 7.90. The third kappa shape index (κ3) is 14.2. The van der Waals surface area contributed by atoms with E-state index in [0.717, 1.165) is 31.8 Å². The van der Waals surface area contributed by atoms with Crippen molar-refractivity contribution < 1.29 is 8.42 Å². The first kappa shape index (κ1) is 15.2. The van der Waals surface area contributed by atoms with E-state index in [1.165, 1.54) is 19.1 Å². The van der Waals surface area contributed by atoms with Crippen molar-refractivity contribution in [2.45, 2.75) is 32.1 Å². The smallest absolute Gasteiger partial charge is 0.147 e. The molecule has 0 bridgehead atoms. The summed E-state index contributed by atoms with van der Waals surface area (Å²) < 4.78 is 21.6. The van der Waals surface area contributed by atoms with Gasteiger partial charge in [-0.15, -0.1) is 11.6 Å². The van der Waals surface area contributed by atoms with Crippen LogP contribution < -0.4 is 5.32 Å². The minimum Gasteiger partial charge on any atom is -0.317 e. The molecule has 0 rings (SSSR count). The van der Waals surface area contributed by atoms with Gasteiger partial charge in [-0.05, 0) is 32.4 Å². The fourth-order valence-corrected chi connectivity index (χ4v) is 2.14. The molecule has 0 aromatic heterocycles. The van der Waals surface area contributed by atoms with Gasteiger partial charge in [0.25, 0.3) is 0 Å². The van der Waals surface area contributed by atoms with Gasteiger partial charge >= 0.3 is 0 Å². The molecule has 0 spiro atoms. The van der Waals surface area contributed by atoms with Gasteiger partial charge < -0.3 is 5.32 Å². The molecule has 5 heteroatoms. The van der Waals surface area contributed by atoms with E-state index in [1.54, 1.807) is 0 Å². The molecule has 0 saturated heterocycles. The topological polar surface area (TPSA) is 46.2 Å². The van der Waals surface area contributed by atoms with E-state index in [0.29, 0.717) is 6.42 Å². The summed E-state index contributed by atoms with van der Waals surface area (Å²) in [5, 5.41) is 3.24. The van der Waals surface area contributed by atoms with E-state index >= 15 is 0 Å². The molecule has 1 N–H and O–H groups in total. The second-order valence-corrected chi connectivity index (χ2v) is 6.47. The largest absolute Gasteiger partial charge is 0.317 e. The average molecular weight is 256 g/mol. The molecule has 92 valence electrons. The van der Waals surface area contributed by atoms with Crippen molar-refractivity contribution in [1.82, 2.24) is 5.32 Å². The second-order valence-electron chi connectivity index (χ2n) is 3.84. The lowest BCUT2D eigenvalue weighted by Gasteiger charge is -2.03. The zero-order chi connectivity index (χ0) is 11.6. The van der Waals surface area contributed by atoms with E-state index in [2.05, 4.69) is 5.32 Å². The van der Waals surface area contributed by atoms with Crippen molar-refractivity contribution in [2.24, 2.45) is 0 Å². The van der Waals surface area contributed by atoms with Crippen LogP contribution in [0.5, 0.6) is 0 Å². The van der Waals surface area contributed by atoms with Crippen LogP contribution in [-0.2, 0) is 9.84 Å². The third-order valence-corrected chi connectivity index (χ3v) is 3.40. The van der Waals surface area contributed by atoms with Crippen LogP contribution in [0.4, 0.5) is 0 Å². The molecule has 0 aliphatic carbocycles. The van der Waals surface area contributed by atoms with Gasteiger partial charge in [0.15, 0.2) is 0 Å². The average Bonchev–Trinajstić information content (AvgIpc) is 2.14. The summed E-state index contributed by atoms with van der Waals surface area (Å²) in [6, 6.07) is 0. The van der Waals surface area contributed by atoms with E-state index in [1.807, 2.05) is 0 Å². The summed E-state index contributed by atoms with van der Waals surface area (Å²) in [5.41, 5.74) is 0. The summed E-state index contributed by atoms with van der Waals surface area (Å²) in [6.07, 6.45) is 6.62. The Kier molecular flexibility index (Phi) is 9.55. The molecular weight excluding hydrogens is 234 g/mol. The summed E-state index contributed by atoms with van der Waals surface area (Å²) in [7, 11) is -2.78. The molecule has 0 heterocycles. The first-order chi connectivity index (χ1) is 7.06. The van der Waals surface area contributed by atoms with Crippen LogP contribution >= 0.6 is 11.6 Å². The molecule has 0 unspecified atom stereocenters. The lowest BCUT2D eigenvalue weighted by molar-refractivity contribution is 0.582. The van der Waals surface area contributed by atoms with Crippen molar-refractivity contribution in [3.63, 3.8) is 0 Å². The number of hydrogen-bond donors (Lipinski definition) is 1. The highest BCUT2D eigenvalue weighted by Crippen LogP contribution is 1.99. The van der Waals surface area contributed by atoms with Crippen LogP contribution in [0.25, 0.3) is 0 Å². The molecule has 0 radical (unpaired) electrons. The Balaban J connectivity index is 3.06. The van der Waals surface area contributed by atoms with Crippen molar-refractivity contribution in [1.29, 1.82) is 0 Å². The molecule has 0 saturated carbocycles. The van der Waals surface area contributed by atoms with Crippen molar-refractivity contribution >= 4 is 21.4 Å². The number of halogens is 1. The number of rotatable bonds is 10. The minimum absolute atomic E-state index is 0.284. The standard InChI is InChI=1S/C10H22ClNO2S/c1-15(13,14)10-6-9-12-8-5-3-2-4-7-11/h12H,2-10H2,1H3. The Morgan fingerprint density at radius 1 is 1.00 bits per heavy atom. The zero-order valence-electron chi connectivity index (χ0n) is 9.47. The Morgan fingerprint density at radius 3 is 2.20 bits per heavy atom. The SMILES string of the molecule is CS(=O)(=O)CCCNCCCCCCCl. The molecular formula is C10H22ClNO2S. The van der Waals surface area contributed by atoms with Gasteiger partial charge in [0.2, 0.25) is 0 Å². The number of nitrogens with one attached hydrogen (secondary N) is 1. The van der Waals surface area contributed by atoms with Crippen LogP contribution in [-0.4, -0.2) is 39.4 Å². The van der Waals surface area contributed by atoms with Gasteiger partial charge in [-0.1, -0.05) is 12.8 Å². The normalized spacial score (nSPS) is 11.9. The molecule has 3 nitrogen and oxygen atoms in total. The first-order valence-electron chi connectivity index (χ1n) is 5.50. The third-order valence-electron chi connectivity index (χ3n) is 2.11. The highest BCUT2D eigenvalue weighted by Gasteiger charge is 2.00. The predicted molar refractivity (Wildman–Crippen MR) is 66.4 cm³/mol. The molecule has 0 amide bonds. The van der Waals surface area contributed by atoms with Gasteiger partial charge in [-0.3, -0.25) is 0 Å². The number of hydrogen-bond acceptors (Lipinski definition) is 3. The summed E-state index contributed by atoms with van der Waals surface area (Å²) >= 11 is 5.55. The maximum atomic E-state index is 10.8. The van der Waals surface area contributed by atoms with Crippen LogP contribution in [0.15, 0.2) is 0 Å². The molecule has 0 aromatic carbocycles.